The molecule has 3 rings (SSSR count). The first-order valence-corrected chi connectivity index (χ1v) is 7.60. The standard InChI is InChI=1S/C17H18N6O/c1-11(22-17(24)16-8-19-13(3)21-12(16)2)14-4-6-15(7-5-14)23-10-18-9-20-23/h4-11H,1-3H3,(H,22,24). The molecule has 7 nitrogen and oxygen atoms in total. The van der Waals surface area contributed by atoms with Crippen LogP contribution < -0.4 is 5.32 Å². The summed E-state index contributed by atoms with van der Waals surface area (Å²) in [4.78, 5) is 24.6. The zero-order valence-electron chi connectivity index (χ0n) is 13.8. The highest BCUT2D eigenvalue weighted by Crippen LogP contribution is 2.16. The lowest BCUT2D eigenvalue weighted by atomic mass is 10.1. The van der Waals surface area contributed by atoms with Crippen molar-refractivity contribution in [3.05, 3.63) is 65.8 Å². The van der Waals surface area contributed by atoms with Gasteiger partial charge in [0.2, 0.25) is 0 Å². The van der Waals surface area contributed by atoms with E-state index in [-0.39, 0.29) is 11.9 Å². The van der Waals surface area contributed by atoms with Gasteiger partial charge in [-0.25, -0.2) is 19.6 Å². The highest BCUT2D eigenvalue weighted by atomic mass is 16.1. The van der Waals surface area contributed by atoms with Crippen LogP contribution in [0.15, 0.2) is 43.1 Å². The van der Waals surface area contributed by atoms with Gasteiger partial charge in [0.1, 0.15) is 18.5 Å². The maximum atomic E-state index is 12.4. The monoisotopic (exact) mass is 322 g/mol. The second-order valence-corrected chi connectivity index (χ2v) is 5.54. The number of benzene rings is 1. The molecule has 0 aliphatic rings. The van der Waals surface area contributed by atoms with Crippen LogP contribution in [0.1, 0.15) is 40.4 Å². The van der Waals surface area contributed by atoms with Crippen LogP contribution in [0, 0.1) is 13.8 Å². The number of hydrogen-bond acceptors (Lipinski definition) is 5. The Morgan fingerprint density at radius 3 is 2.58 bits per heavy atom. The van der Waals surface area contributed by atoms with E-state index in [2.05, 4.69) is 25.4 Å². The van der Waals surface area contributed by atoms with Gasteiger partial charge in [0, 0.05) is 6.20 Å². The Hall–Kier alpha value is -3.09. The van der Waals surface area contributed by atoms with Gasteiger partial charge in [-0.05, 0) is 38.5 Å². The summed E-state index contributed by atoms with van der Waals surface area (Å²) in [6, 6.07) is 7.66. The van der Waals surface area contributed by atoms with Crippen LogP contribution in [0.3, 0.4) is 0 Å². The molecule has 0 aliphatic carbocycles. The number of carbonyl (C=O) groups is 1. The minimum atomic E-state index is -0.180. The van der Waals surface area contributed by atoms with Crippen molar-refractivity contribution in [1.82, 2.24) is 30.0 Å². The molecule has 0 fully saturated rings. The highest BCUT2D eigenvalue weighted by Gasteiger charge is 2.15. The molecule has 1 unspecified atom stereocenters. The maximum Gasteiger partial charge on any atom is 0.255 e. The van der Waals surface area contributed by atoms with Crippen LogP contribution in [-0.2, 0) is 0 Å². The predicted molar refractivity (Wildman–Crippen MR) is 88.7 cm³/mol. The van der Waals surface area contributed by atoms with Crippen LogP contribution in [0.25, 0.3) is 5.69 Å². The van der Waals surface area contributed by atoms with E-state index >= 15 is 0 Å². The molecule has 1 atom stereocenters. The third-order valence-electron chi connectivity index (χ3n) is 3.77. The molecule has 2 aromatic heterocycles. The first-order chi connectivity index (χ1) is 11.5. The van der Waals surface area contributed by atoms with Crippen molar-refractivity contribution < 1.29 is 4.79 Å². The van der Waals surface area contributed by atoms with E-state index in [0.29, 0.717) is 17.1 Å². The normalized spacial score (nSPS) is 12.0. The van der Waals surface area contributed by atoms with Gasteiger partial charge in [0.25, 0.3) is 5.91 Å². The van der Waals surface area contributed by atoms with Crippen molar-refractivity contribution in [2.45, 2.75) is 26.8 Å². The zero-order valence-corrected chi connectivity index (χ0v) is 13.8. The number of aryl methyl sites for hydroxylation is 2. The average molecular weight is 322 g/mol. The number of rotatable bonds is 4. The van der Waals surface area contributed by atoms with E-state index in [1.807, 2.05) is 31.2 Å². The fraction of sp³-hybridized carbons (Fsp3) is 0.235. The lowest BCUT2D eigenvalue weighted by molar-refractivity contribution is 0.0938. The molecule has 0 saturated carbocycles. The first kappa shape index (κ1) is 15.8. The topological polar surface area (TPSA) is 85.6 Å². The van der Waals surface area contributed by atoms with E-state index in [9.17, 15) is 4.79 Å². The lowest BCUT2D eigenvalue weighted by Gasteiger charge is -2.15. The van der Waals surface area contributed by atoms with Gasteiger partial charge >= 0.3 is 0 Å². The minimum Gasteiger partial charge on any atom is -0.345 e. The van der Waals surface area contributed by atoms with E-state index in [0.717, 1.165) is 11.3 Å². The molecule has 0 saturated heterocycles. The lowest BCUT2D eigenvalue weighted by Crippen LogP contribution is -2.27. The summed E-state index contributed by atoms with van der Waals surface area (Å²) in [6.07, 6.45) is 4.69. The third kappa shape index (κ3) is 3.29. The van der Waals surface area contributed by atoms with E-state index in [1.54, 1.807) is 31.1 Å². The molecular formula is C17H18N6O. The number of carbonyl (C=O) groups excluding carboxylic acids is 1. The highest BCUT2D eigenvalue weighted by molar-refractivity contribution is 5.95. The van der Waals surface area contributed by atoms with Gasteiger partial charge in [0.15, 0.2) is 0 Å². The second kappa shape index (κ2) is 6.57. The van der Waals surface area contributed by atoms with Crippen LogP contribution in [0.4, 0.5) is 0 Å². The zero-order chi connectivity index (χ0) is 17.1. The molecule has 0 radical (unpaired) electrons. The average Bonchev–Trinajstić information content (AvgIpc) is 3.09. The van der Waals surface area contributed by atoms with E-state index < -0.39 is 0 Å². The number of hydrogen-bond donors (Lipinski definition) is 1. The molecule has 3 aromatic rings. The molecule has 24 heavy (non-hydrogen) atoms. The SMILES string of the molecule is Cc1ncc(C(=O)NC(C)c2ccc(-n3cncn3)cc2)c(C)n1. The Bertz CT molecular complexity index is 842. The number of nitrogens with one attached hydrogen (secondary N) is 1. The molecule has 7 heteroatoms. The fourth-order valence-electron chi connectivity index (χ4n) is 2.42. The minimum absolute atomic E-state index is 0.136. The van der Waals surface area contributed by atoms with Crippen LogP contribution >= 0.6 is 0 Å². The fourth-order valence-corrected chi connectivity index (χ4v) is 2.42. The number of nitrogens with zero attached hydrogens (tertiary/aromatic N) is 5. The Labute approximate surface area is 139 Å². The Kier molecular flexibility index (Phi) is 4.33. The van der Waals surface area contributed by atoms with Crippen molar-refractivity contribution in [2.75, 3.05) is 0 Å². The molecule has 122 valence electrons. The predicted octanol–water partition coefficient (Wildman–Crippen LogP) is 2.17. The van der Waals surface area contributed by atoms with Crippen molar-refractivity contribution >= 4 is 5.91 Å². The Morgan fingerprint density at radius 2 is 1.96 bits per heavy atom. The second-order valence-electron chi connectivity index (χ2n) is 5.54. The summed E-state index contributed by atoms with van der Waals surface area (Å²) in [5, 5.41) is 7.06. The van der Waals surface area contributed by atoms with Crippen LogP contribution in [0.2, 0.25) is 0 Å². The van der Waals surface area contributed by atoms with Crippen molar-refractivity contribution in [3.63, 3.8) is 0 Å². The number of aromatic nitrogens is 5. The largest absolute Gasteiger partial charge is 0.345 e. The summed E-state index contributed by atoms with van der Waals surface area (Å²) in [5.41, 5.74) is 3.08. The molecule has 0 spiro atoms. The molecule has 0 aliphatic heterocycles. The summed E-state index contributed by atoms with van der Waals surface area (Å²) in [5.74, 6) is 0.473. The quantitative estimate of drug-likeness (QED) is 0.795. The first-order valence-electron chi connectivity index (χ1n) is 7.60. The maximum absolute atomic E-state index is 12.4. The molecule has 2 heterocycles. The molecule has 1 aromatic carbocycles. The van der Waals surface area contributed by atoms with Gasteiger partial charge < -0.3 is 5.32 Å². The van der Waals surface area contributed by atoms with Gasteiger partial charge in [0.05, 0.1) is 23.0 Å². The number of amides is 1. The Morgan fingerprint density at radius 1 is 1.21 bits per heavy atom. The van der Waals surface area contributed by atoms with Gasteiger partial charge in [-0.2, -0.15) is 5.10 Å². The van der Waals surface area contributed by atoms with Gasteiger partial charge in [-0.15, -0.1) is 0 Å². The Balaban J connectivity index is 1.72. The molecular weight excluding hydrogens is 304 g/mol. The van der Waals surface area contributed by atoms with Crippen molar-refractivity contribution in [1.29, 1.82) is 0 Å². The van der Waals surface area contributed by atoms with Gasteiger partial charge in [-0.3, -0.25) is 4.79 Å². The summed E-state index contributed by atoms with van der Waals surface area (Å²) in [6.45, 7) is 5.54. The van der Waals surface area contributed by atoms with E-state index in [1.165, 1.54) is 6.33 Å². The summed E-state index contributed by atoms with van der Waals surface area (Å²) >= 11 is 0. The van der Waals surface area contributed by atoms with E-state index in [4.69, 9.17) is 0 Å². The molecule has 0 bridgehead atoms. The van der Waals surface area contributed by atoms with Crippen LogP contribution in [-0.4, -0.2) is 30.6 Å². The third-order valence-corrected chi connectivity index (χ3v) is 3.77. The van der Waals surface area contributed by atoms with Gasteiger partial charge in [-0.1, -0.05) is 12.1 Å². The smallest absolute Gasteiger partial charge is 0.255 e. The van der Waals surface area contributed by atoms with Crippen molar-refractivity contribution in [2.24, 2.45) is 0 Å². The van der Waals surface area contributed by atoms with Crippen LogP contribution in [0.5, 0.6) is 0 Å². The van der Waals surface area contributed by atoms with Crippen molar-refractivity contribution in [3.8, 4) is 5.69 Å². The molecule has 1 amide bonds. The summed E-state index contributed by atoms with van der Waals surface area (Å²) in [7, 11) is 0. The molecule has 1 N–H and O–H groups in total. The summed E-state index contributed by atoms with van der Waals surface area (Å²) < 4.78 is 1.68.